The van der Waals surface area contributed by atoms with Gasteiger partial charge in [0.15, 0.2) is 0 Å². The fourth-order valence-electron chi connectivity index (χ4n) is 0.662. The molecule has 0 atom stereocenters. The SMILES string of the molecule is [C-]#[N+]/C(C#N)=C(\CC)OCC. The van der Waals surface area contributed by atoms with Crippen molar-refractivity contribution in [3.63, 3.8) is 0 Å². The molecule has 0 saturated heterocycles. The van der Waals surface area contributed by atoms with Crippen LogP contribution < -0.4 is 0 Å². The molecule has 0 radical (unpaired) electrons. The Bertz CT molecular complexity index is 213. The molecule has 0 spiro atoms. The van der Waals surface area contributed by atoms with Crippen LogP contribution in [0.2, 0.25) is 0 Å². The maximum Gasteiger partial charge on any atom is 0.298 e. The Hall–Kier alpha value is -1.48. The molecule has 0 bridgehead atoms. The van der Waals surface area contributed by atoms with E-state index in [0.29, 0.717) is 18.8 Å². The molecular weight excluding hydrogens is 140 g/mol. The van der Waals surface area contributed by atoms with Crippen molar-refractivity contribution in [2.75, 3.05) is 6.61 Å². The number of rotatable bonds is 3. The summed E-state index contributed by atoms with van der Waals surface area (Å²) in [6.07, 6.45) is 0.596. The normalized spacial score (nSPS) is 10.9. The first-order valence-electron chi connectivity index (χ1n) is 3.43. The van der Waals surface area contributed by atoms with Crippen molar-refractivity contribution in [2.45, 2.75) is 20.3 Å². The Morgan fingerprint density at radius 2 is 2.27 bits per heavy atom. The van der Waals surface area contributed by atoms with Gasteiger partial charge in [0, 0.05) is 0 Å². The van der Waals surface area contributed by atoms with Gasteiger partial charge in [-0.1, -0.05) is 6.92 Å². The summed E-state index contributed by atoms with van der Waals surface area (Å²) in [5, 5.41) is 8.45. The molecule has 0 aliphatic rings. The Morgan fingerprint density at radius 3 is 2.55 bits per heavy atom. The second-order valence-corrected chi connectivity index (χ2v) is 1.78. The van der Waals surface area contributed by atoms with Gasteiger partial charge >= 0.3 is 0 Å². The van der Waals surface area contributed by atoms with Crippen molar-refractivity contribution in [1.29, 1.82) is 5.26 Å². The first-order valence-corrected chi connectivity index (χ1v) is 3.43. The summed E-state index contributed by atoms with van der Waals surface area (Å²) < 4.78 is 5.08. The summed E-state index contributed by atoms with van der Waals surface area (Å²) in [7, 11) is 0. The number of hydrogen-bond acceptors (Lipinski definition) is 2. The maximum atomic E-state index is 8.45. The molecule has 0 amide bonds. The predicted molar refractivity (Wildman–Crippen MR) is 41.2 cm³/mol. The summed E-state index contributed by atoms with van der Waals surface area (Å²) in [6, 6.07) is 1.79. The van der Waals surface area contributed by atoms with E-state index in [0.717, 1.165) is 0 Å². The van der Waals surface area contributed by atoms with Gasteiger partial charge in [-0.15, -0.1) is 0 Å². The molecule has 0 rings (SSSR count). The number of allylic oxidation sites excluding steroid dienone is 2. The van der Waals surface area contributed by atoms with Crippen LogP contribution in [0, 0.1) is 17.9 Å². The number of nitrogens with zero attached hydrogens (tertiary/aromatic N) is 2. The van der Waals surface area contributed by atoms with Gasteiger partial charge in [0.2, 0.25) is 0 Å². The number of hydrogen-bond donors (Lipinski definition) is 0. The molecule has 0 N–H and O–H groups in total. The lowest BCUT2D eigenvalue weighted by atomic mass is 10.3. The lowest BCUT2D eigenvalue weighted by Crippen LogP contribution is -1.92. The molecule has 0 saturated carbocycles. The average Bonchev–Trinajstić information content (AvgIpc) is 2.05. The highest BCUT2D eigenvalue weighted by atomic mass is 16.5. The topological polar surface area (TPSA) is 37.4 Å². The summed E-state index contributed by atoms with van der Waals surface area (Å²) >= 11 is 0. The molecule has 0 aromatic rings. The highest BCUT2D eigenvalue weighted by Gasteiger charge is 2.03. The van der Waals surface area contributed by atoms with Crippen LogP contribution in [-0.4, -0.2) is 6.61 Å². The molecule has 0 heterocycles. The zero-order chi connectivity index (χ0) is 8.69. The highest BCUT2D eigenvalue weighted by Crippen LogP contribution is 2.10. The van der Waals surface area contributed by atoms with Gasteiger partial charge < -0.3 is 4.74 Å². The summed E-state index contributed by atoms with van der Waals surface area (Å²) in [6.45, 7) is 10.8. The standard InChI is InChI=1S/C8H10N2O/c1-4-8(11-5-2)7(6-9)10-3/h4-5H2,1-2H3/b8-7+. The van der Waals surface area contributed by atoms with Gasteiger partial charge in [0.05, 0.1) is 19.2 Å². The second-order valence-electron chi connectivity index (χ2n) is 1.78. The van der Waals surface area contributed by atoms with E-state index in [1.165, 1.54) is 0 Å². The highest BCUT2D eigenvalue weighted by molar-refractivity contribution is 5.30. The van der Waals surface area contributed by atoms with Gasteiger partial charge in [-0.25, -0.2) is 10.1 Å². The van der Waals surface area contributed by atoms with E-state index < -0.39 is 0 Å². The Balaban J connectivity index is 4.55. The van der Waals surface area contributed by atoms with Crippen molar-refractivity contribution in [1.82, 2.24) is 0 Å². The van der Waals surface area contributed by atoms with Crippen molar-refractivity contribution in [3.8, 4) is 6.07 Å². The van der Waals surface area contributed by atoms with Crippen LogP contribution in [0.4, 0.5) is 0 Å². The molecule has 3 nitrogen and oxygen atoms in total. The van der Waals surface area contributed by atoms with Crippen LogP contribution in [0.5, 0.6) is 0 Å². The van der Waals surface area contributed by atoms with Crippen molar-refractivity contribution in [3.05, 3.63) is 22.9 Å². The summed E-state index contributed by atoms with van der Waals surface area (Å²) in [4.78, 5) is 3.04. The van der Waals surface area contributed by atoms with Crippen LogP contribution in [0.25, 0.3) is 4.85 Å². The van der Waals surface area contributed by atoms with Gasteiger partial charge in [-0.2, -0.15) is 0 Å². The Labute approximate surface area is 66.7 Å². The minimum atomic E-state index is 0.0642. The zero-order valence-electron chi connectivity index (χ0n) is 6.72. The van der Waals surface area contributed by atoms with Gasteiger partial charge in [0.1, 0.15) is 5.76 Å². The molecule has 0 aliphatic carbocycles. The number of nitriles is 1. The van der Waals surface area contributed by atoms with Crippen LogP contribution in [-0.2, 0) is 4.74 Å². The van der Waals surface area contributed by atoms with Gasteiger partial charge in [-0.05, 0) is 13.3 Å². The van der Waals surface area contributed by atoms with E-state index in [-0.39, 0.29) is 5.70 Å². The van der Waals surface area contributed by atoms with Crippen molar-refractivity contribution < 1.29 is 4.74 Å². The minimum Gasteiger partial charge on any atom is -0.508 e. The minimum absolute atomic E-state index is 0.0642. The van der Waals surface area contributed by atoms with Crippen molar-refractivity contribution in [2.24, 2.45) is 0 Å². The molecule has 58 valence electrons. The van der Waals surface area contributed by atoms with E-state index in [1.807, 2.05) is 13.8 Å². The van der Waals surface area contributed by atoms with Crippen LogP contribution in [0.1, 0.15) is 20.3 Å². The lowest BCUT2D eigenvalue weighted by Gasteiger charge is -2.04. The second kappa shape index (κ2) is 5.32. The molecule has 0 unspecified atom stereocenters. The summed E-state index contributed by atoms with van der Waals surface area (Å²) in [5.41, 5.74) is 0.0642. The molecular formula is C8H10N2O. The fourth-order valence-corrected chi connectivity index (χ4v) is 0.662. The van der Waals surface area contributed by atoms with Gasteiger partial charge in [-0.3, -0.25) is 0 Å². The summed E-state index contributed by atoms with van der Waals surface area (Å²) in [5.74, 6) is 0.491. The lowest BCUT2D eigenvalue weighted by molar-refractivity contribution is 0.219. The molecule has 0 fully saturated rings. The van der Waals surface area contributed by atoms with Crippen LogP contribution >= 0.6 is 0 Å². The van der Waals surface area contributed by atoms with E-state index in [4.69, 9.17) is 16.6 Å². The van der Waals surface area contributed by atoms with Crippen LogP contribution in [0.3, 0.4) is 0 Å². The largest absolute Gasteiger partial charge is 0.508 e. The molecule has 0 aromatic heterocycles. The third-order valence-electron chi connectivity index (χ3n) is 1.12. The Kier molecular flexibility index (Phi) is 4.60. The van der Waals surface area contributed by atoms with Crippen molar-refractivity contribution >= 4 is 0 Å². The third-order valence-corrected chi connectivity index (χ3v) is 1.12. The zero-order valence-corrected chi connectivity index (χ0v) is 6.72. The van der Waals surface area contributed by atoms with E-state index >= 15 is 0 Å². The van der Waals surface area contributed by atoms with E-state index in [9.17, 15) is 0 Å². The molecule has 0 aromatic carbocycles. The Morgan fingerprint density at radius 1 is 1.64 bits per heavy atom. The maximum absolute atomic E-state index is 8.45. The average molecular weight is 150 g/mol. The molecule has 3 heteroatoms. The van der Waals surface area contributed by atoms with E-state index in [2.05, 4.69) is 4.85 Å². The number of ether oxygens (including phenoxy) is 1. The first-order chi connectivity index (χ1) is 5.29. The molecule has 11 heavy (non-hydrogen) atoms. The van der Waals surface area contributed by atoms with E-state index in [1.54, 1.807) is 6.07 Å². The molecule has 0 aliphatic heterocycles. The van der Waals surface area contributed by atoms with Crippen LogP contribution in [0.15, 0.2) is 11.5 Å². The van der Waals surface area contributed by atoms with Gasteiger partial charge in [0.25, 0.3) is 5.70 Å². The predicted octanol–water partition coefficient (Wildman–Crippen LogP) is 2.09. The monoisotopic (exact) mass is 150 g/mol. The quantitative estimate of drug-likeness (QED) is 0.351. The first kappa shape index (κ1) is 9.52. The third kappa shape index (κ3) is 2.73. The smallest absolute Gasteiger partial charge is 0.298 e. The fraction of sp³-hybridized carbons (Fsp3) is 0.500.